The number of hydrogen-bond acceptors (Lipinski definition) is 4. The fourth-order valence-corrected chi connectivity index (χ4v) is 2.72. The van der Waals surface area contributed by atoms with Gasteiger partial charge in [-0.2, -0.15) is 0 Å². The van der Waals surface area contributed by atoms with E-state index in [1.54, 1.807) is 11.3 Å². The van der Waals surface area contributed by atoms with Crippen LogP contribution in [-0.2, 0) is 0 Å². The van der Waals surface area contributed by atoms with Gasteiger partial charge in [-0.25, -0.2) is 4.98 Å². The predicted molar refractivity (Wildman–Crippen MR) is 73.5 cm³/mol. The number of nitrogens with one attached hydrogen (secondary N) is 1. The lowest BCUT2D eigenvalue weighted by atomic mass is 10.2. The molecular formula is C13H23N3S. The Morgan fingerprint density at radius 3 is 2.76 bits per heavy atom. The molecule has 0 bridgehead atoms. The average Bonchev–Trinajstić information content (AvgIpc) is 3.07. The van der Waals surface area contributed by atoms with Crippen molar-refractivity contribution >= 4 is 11.3 Å². The second kappa shape index (κ2) is 5.46. The van der Waals surface area contributed by atoms with Crippen molar-refractivity contribution in [2.24, 2.45) is 0 Å². The Morgan fingerprint density at radius 2 is 2.24 bits per heavy atom. The predicted octanol–water partition coefficient (Wildman–Crippen LogP) is 2.58. The van der Waals surface area contributed by atoms with E-state index in [0.29, 0.717) is 12.1 Å². The summed E-state index contributed by atoms with van der Waals surface area (Å²) in [4.78, 5) is 7.02. The highest BCUT2D eigenvalue weighted by atomic mass is 32.1. The molecule has 0 amide bonds. The van der Waals surface area contributed by atoms with E-state index in [1.807, 2.05) is 0 Å². The zero-order valence-corrected chi connectivity index (χ0v) is 12.0. The van der Waals surface area contributed by atoms with Gasteiger partial charge in [-0.15, -0.1) is 11.3 Å². The first-order valence-corrected chi connectivity index (χ1v) is 7.33. The summed E-state index contributed by atoms with van der Waals surface area (Å²) in [5.74, 6) is 0. The van der Waals surface area contributed by atoms with Crippen LogP contribution in [0.4, 0.5) is 0 Å². The normalized spacial score (nSPS) is 19.6. The maximum atomic E-state index is 4.52. The highest BCUT2D eigenvalue weighted by Crippen LogP contribution is 2.26. The van der Waals surface area contributed by atoms with E-state index in [4.69, 9.17) is 0 Å². The van der Waals surface area contributed by atoms with E-state index < -0.39 is 0 Å². The molecule has 0 aromatic carbocycles. The SMILES string of the molecule is Cc1nc(C(C)NCC(C)N(C)C2CC2)cs1. The number of hydrogen-bond donors (Lipinski definition) is 1. The van der Waals surface area contributed by atoms with Crippen molar-refractivity contribution in [3.8, 4) is 0 Å². The number of rotatable bonds is 6. The third-order valence-electron chi connectivity index (χ3n) is 3.62. The molecule has 17 heavy (non-hydrogen) atoms. The Morgan fingerprint density at radius 1 is 1.53 bits per heavy atom. The molecular weight excluding hydrogens is 230 g/mol. The Bertz CT molecular complexity index is 359. The maximum Gasteiger partial charge on any atom is 0.0898 e. The van der Waals surface area contributed by atoms with Crippen LogP contribution in [0.25, 0.3) is 0 Å². The molecule has 1 aliphatic carbocycles. The standard InChI is InChI=1S/C13H23N3S/c1-9(16(4)12-5-6-12)7-14-10(2)13-8-17-11(3)15-13/h8-10,12,14H,5-7H2,1-4H3. The molecule has 0 saturated heterocycles. The van der Waals surface area contributed by atoms with Crippen LogP contribution in [-0.4, -0.2) is 35.6 Å². The zero-order valence-electron chi connectivity index (χ0n) is 11.2. The van der Waals surface area contributed by atoms with Crippen LogP contribution in [0.2, 0.25) is 0 Å². The average molecular weight is 253 g/mol. The molecule has 1 aromatic rings. The first-order valence-electron chi connectivity index (χ1n) is 6.45. The van der Waals surface area contributed by atoms with Gasteiger partial charge < -0.3 is 5.32 Å². The molecule has 2 unspecified atom stereocenters. The van der Waals surface area contributed by atoms with Crippen LogP contribution in [0.15, 0.2) is 5.38 Å². The lowest BCUT2D eigenvalue weighted by Crippen LogP contribution is -2.39. The van der Waals surface area contributed by atoms with Crippen LogP contribution < -0.4 is 5.32 Å². The van der Waals surface area contributed by atoms with Crippen molar-refractivity contribution < 1.29 is 0 Å². The Balaban J connectivity index is 1.77. The van der Waals surface area contributed by atoms with E-state index in [0.717, 1.165) is 17.6 Å². The van der Waals surface area contributed by atoms with Gasteiger partial charge in [0.2, 0.25) is 0 Å². The van der Waals surface area contributed by atoms with Gasteiger partial charge in [0.25, 0.3) is 0 Å². The number of aryl methyl sites for hydroxylation is 1. The summed E-state index contributed by atoms with van der Waals surface area (Å²) in [6, 6.07) is 1.79. The molecule has 96 valence electrons. The summed E-state index contributed by atoms with van der Waals surface area (Å²) in [5, 5.41) is 6.88. The fraction of sp³-hybridized carbons (Fsp3) is 0.769. The topological polar surface area (TPSA) is 28.2 Å². The van der Waals surface area contributed by atoms with E-state index >= 15 is 0 Å². The molecule has 1 saturated carbocycles. The van der Waals surface area contributed by atoms with Crippen LogP contribution in [0.1, 0.15) is 43.4 Å². The van der Waals surface area contributed by atoms with E-state index in [-0.39, 0.29) is 0 Å². The summed E-state index contributed by atoms with van der Waals surface area (Å²) in [7, 11) is 2.24. The van der Waals surface area contributed by atoms with Gasteiger partial charge in [0, 0.05) is 30.1 Å². The van der Waals surface area contributed by atoms with Gasteiger partial charge in [-0.3, -0.25) is 4.90 Å². The fourth-order valence-electron chi connectivity index (χ4n) is 2.02. The van der Waals surface area contributed by atoms with Gasteiger partial charge in [0.1, 0.15) is 0 Å². The van der Waals surface area contributed by atoms with Gasteiger partial charge >= 0.3 is 0 Å². The van der Waals surface area contributed by atoms with Gasteiger partial charge in [0.05, 0.1) is 10.7 Å². The summed E-state index contributed by atoms with van der Waals surface area (Å²) in [6.07, 6.45) is 2.75. The minimum Gasteiger partial charge on any atom is -0.307 e. The summed E-state index contributed by atoms with van der Waals surface area (Å²) in [5.41, 5.74) is 1.17. The quantitative estimate of drug-likeness (QED) is 0.844. The largest absolute Gasteiger partial charge is 0.307 e. The minimum atomic E-state index is 0.356. The first-order chi connectivity index (χ1) is 8.08. The molecule has 1 N–H and O–H groups in total. The third-order valence-corrected chi connectivity index (χ3v) is 4.41. The van der Waals surface area contributed by atoms with Crippen LogP contribution >= 0.6 is 11.3 Å². The molecule has 3 nitrogen and oxygen atoms in total. The van der Waals surface area contributed by atoms with E-state index in [2.05, 4.69) is 48.4 Å². The lowest BCUT2D eigenvalue weighted by Gasteiger charge is -2.26. The van der Waals surface area contributed by atoms with Gasteiger partial charge in [-0.1, -0.05) is 0 Å². The Kier molecular flexibility index (Phi) is 4.17. The highest BCUT2D eigenvalue weighted by molar-refractivity contribution is 7.09. The van der Waals surface area contributed by atoms with Crippen molar-refractivity contribution in [2.75, 3.05) is 13.6 Å². The third kappa shape index (κ3) is 3.50. The van der Waals surface area contributed by atoms with E-state index in [9.17, 15) is 0 Å². The van der Waals surface area contributed by atoms with Gasteiger partial charge in [0.15, 0.2) is 0 Å². The van der Waals surface area contributed by atoms with Crippen molar-refractivity contribution in [1.29, 1.82) is 0 Å². The minimum absolute atomic E-state index is 0.356. The summed E-state index contributed by atoms with van der Waals surface area (Å²) in [6.45, 7) is 7.58. The second-order valence-corrected chi connectivity index (χ2v) is 6.23. The molecule has 1 aromatic heterocycles. The molecule has 1 fully saturated rings. The smallest absolute Gasteiger partial charge is 0.0898 e. The van der Waals surface area contributed by atoms with Crippen LogP contribution in [0.3, 0.4) is 0 Å². The molecule has 4 heteroatoms. The molecule has 1 heterocycles. The molecule has 2 atom stereocenters. The Hall–Kier alpha value is -0.450. The van der Waals surface area contributed by atoms with Crippen LogP contribution in [0, 0.1) is 6.92 Å². The summed E-state index contributed by atoms with van der Waals surface area (Å²) >= 11 is 1.73. The van der Waals surface area contributed by atoms with Crippen molar-refractivity contribution in [3.05, 3.63) is 16.1 Å². The molecule has 2 rings (SSSR count). The second-order valence-electron chi connectivity index (χ2n) is 5.17. The number of thiazole rings is 1. The van der Waals surface area contributed by atoms with Crippen molar-refractivity contribution in [1.82, 2.24) is 15.2 Å². The van der Waals surface area contributed by atoms with Crippen molar-refractivity contribution in [3.63, 3.8) is 0 Å². The maximum absolute atomic E-state index is 4.52. The number of nitrogens with zero attached hydrogens (tertiary/aromatic N) is 2. The Labute approximate surface area is 108 Å². The number of aromatic nitrogens is 1. The van der Waals surface area contributed by atoms with Crippen LogP contribution in [0.5, 0.6) is 0 Å². The first kappa shape index (κ1) is 13.0. The van der Waals surface area contributed by atoms with E-state index in [1.165, 1.54) is 18.5 Å². The number of likely N-dealkylation sites (N-methyl/N-ethyl adjacent to an activating group) is 1. The molecule has 0 spiro atoms. The zero-order chi connectivity index (χ0) is 12.4. The lowest BCUT2D eigenvalue weighted by molar-refractivity contribution is 0.236. The molecule has 0 radical (unpaired) electrons. The summed E-state index contributed by atoms with van der Waals surface area (Å²) < 4.78 is 0. The molecule has 1 aliphatic rings. The monoisotopic (exact) mass is 253 g/mol. The van der Waals surface area contributed by atoms with Gasteiger partial charge in [-0.05, 0) is 40.7 Å². The van der Waals surface area contributed by atoms with Crippen molar-refractivity contribution in [2.45, 2.75) is 51.7 Å². The highest BCUT2D eigenvalue weighted by Gasteiger charge is 2.29. The molecule has 0 aliphatic heterocycles.